The Hall–Kier alpha value is -1.83. The van der Waals surface area contributed by atoms with Gasteiger partial charge in [0.15, 0.2) is 0 Å². The molecule has 1 unspecified atom stereocenters. The molecule has 2 heteroatoms. The van der Waals surface area contributed by atoms with E-state index in [1.807, 2.05) is 31.2 Å². The lowest BCUT2D eigenvalue weighted by Gasteiger charge is -2.28. The Morgan fingerprint density at radius 3 is 2.45 bits per heavy atom. The van der Waals surface area contributed by atoms with Gasteiger partial charge in [-0.2, -0.15) is 0 Å². The smallest absolute Gasteiger partial charge is 0.145 e. The summed E-state index contributed by atoms with van der Waals surface area (Å²) in [6.07, 6.45) is 5.95. The van der Waals surface area contributed by atoms with Crippen molar-refractivity contribution in [2.24, 2.45) is 0 Å². The van der Waals surface area contributed by atoms with Crippen LogP contribution in [-0.2, 0) is 10.2 Å². The number of aldehydes is 1. The Morgan fingerprint density at radius 1 is 1.25 bits per heavy atom. The molecule has 0 radical (unpaired) electrons. The van der Waals surface area contributed by atoms with Crippen molar-refractivity contribution >= 4 is 6.29 Å². The highest BCUT2D eigenvalue weighted by Crippen LogP contribution is 2.37. The molecule has 0 aromatic heterocycles. The third-order valence-corrected chi connectivity index (χ3v) is 3.39. The highest BCUT2D eigenvalue weighted by molar-refractivity contribution is 5.73. The van der Waals surface area contributed by atoms with Gasteiger partial charge >= 0.3 is 0 Å². The Morgan fingerprint density at radius 2 is 1.90 bits per heavy atom. The van der Waals surface area contributed by atoms with Crippen LogP contribution >= 0.6 is 0 Å². The van der Waals surface area contributed by atoms with Crippen LogP contribution in [0.5, 0.6) is 5.75 Å². The first-order chi connectivity index (χ1) is 9.42. The van der Waals surface area contributed by atoms with E-state index in [1.54, 1.807) is 7.11 Å². The van der Waals surface area contributed by atoms with Gasteiger partial charge in [0.25, 0.3) is 0 Å². The van der Waals surface area contributed by atoms with E-state index in [0.717, 1.165) is 29.6 Å². The molecule has 1 rings (SSSR count). The number of hydrogen-bond acceptors (Lipinski definition) is 2. The summed E-state index contributed by atoms with van der Waals surface area (Å²) in [6.45, 7) is 8.14. The summed E-state index contributed by atoms with van der Waals surface area (Å²) in [5.41, 5.74) is 2.85. The standard InChI is InChI=1S/C18H24O2/c1-14(2)10-11-18(4,12-15(3)13-19)16-8-6-7-9-17(16)20-5/h6-10,12-13H,11H2,1-5H3/b15-12+. The van der Waals surface area contributed by atoms with E-state index in [1.165, 1.54) is 5.57 Å². The topological polar surface area (TPSA) is 26.3 Å². The van der Waals surface area contributed by atoms with Gasteiger partial charge in [-0.15, -0.1) is 0 Å². The summed E-state index contributed by atoms with van der Waals surface area (Å²) in [4.78, 5) is 11.0. The average molecular weight is 272 g/mol. The van der Waals surface area contributed by atoms with Gasteiger partial charge < -0.3 is 4.74 Å². The second-order valence-electron chi connectivity index (χ2n) is 5.61. The van der Waals surface area contributed by atoms with E-state index in [2.05, 4.69) is 32.9 Å². The van der Waals surface area contributed by atoms with Crippen LogP contribution in [0.25, 0.3) is 0 Å². The second kappa shape index (κ2) is 7.09. The molecule has 1 aromatic rings. The van der Waals surface area contributed by atoms with Gasteiger partial charge in [0.1, 0.15) is 12.0 Å². The highest BCUT2D eigenvalue weighted by Gasteiger charge is 2.26. The molecule has 0 aliphatic heterocycles. The minimum atomic E-state index is -0.255. The molecule has 0 saturated carbocycles. The first-order valence-electron chi connectivity index (χ1n) is 6.84. The van der Waals surface area contributed by atoms with Crippen LogP contribution in [0.15, 0.2) is 47.6 Å². The molecule has 0 aliphatic carbocycles. The van der Waals surface area contributed by atoms with Crippen LogP contribution in [0.4, 0.5) is 0 Å². The first-order valence-corrected chi connectivity index (χ1v) is 6.84. The number of carbonyl (C=O) groups is 1. The number of rotatable bonds is 6. The number of hydrogen-bond donors (Lipinski definition) is 0. The molecule has 0 N–H and O–H groups in total. The van der Waals surface area contributed by atoms with E-state index in [0.29, 0.717) is 0 Å². The number of para-hydroxylation sites is 1. The summed E-state index contributed by atoms with van der Waals surface area (Å²) in [7, 11) is 1.68. The zero-order valence-corrected chi connectivity index (χ0v) is 13.1. The molecule has 108 valence electrons. The van der Waals surface area contributed by atoms with Crippen molar-refractivity contribution in [3.05, 3.63) is 53.1 Å². The van der Waals surface area contributed by atoms with Gasteiger partial charge in [0.05, 0.1) is 7.11 Å². The van der Waals surface area contributed by atoms with Crippen LogP contribution in [0.1, 0.15) is 39.7 Å². The van der Waals surface area contributed by atoms with Gasteiger partial charge in [-0.1, -0.05) is 42.8 Å². The molecule has 20 heavy (non-hydrogen) atoms. The summed E-state index contributed by atoms with van der Waals surface area (Å²) < 4.78 is 5.48. The Balaban J connectivity index is 3.36. The second-order valence-corrected chi connectivity index (χ2v) is 5.61. The summed E-state index contributed by atoms with van der Waals surface area (Å²) in [5.74, 6) is 0.854. The molecular weight excluding hydrogens is 248 g/mol. The van der Waals surface area contributed by atoms with Crippen molar-refractivity contribution in [2.45, 2.75) is 39.5 Å². The largest absolute Gasteiger partial charge is 0.496 e. The number of benzene rings is 1. The summed E-state index contributed by atoms with van der Waals surface area (Å²) >= 11 is 0. The Kier molecular flexibility index (Phi) is 5.75. The maximum atomic E-state index is 11.0. The Bertz CT molecular complexity index is 522. The van der Waals surface area contributed by atoms with Crippen molar-refractivity contribution in [3.8, 4) is 5.75 Å². The molecule has 0 amide bonds. The van der Waals surface area contributed by atoms with Crippen LogP contribution < -0.4 is 4.74 Å². The molecule has 1 aromatic carbocycles. The zero-order valence-electron chi connectivity index (χ0n) is 13.1. The highest BCUT2D eigenvalue weighted by atomic mass is 16.5. The van der Waals surface area contributed by atoms with E-state index in [9.17, 15) is 4.79 Å². The van der Waals surface area contributed by atoms with E-state index in [-0.39, 0.29) is 5.41 Å². The zero-order chi connectivity index (χ0) is 15.2. The number of carbonyl (C=O) groups excluding carboxylic acids is 1. The fourth-order valence-corrected chi connectivity index (χ4v) is 2.32. The van der Waals surface area contributed by atoms with Crippen molar-refractivity contribution < 1.29 is 9.53 Å². The lowest BCUT2D eigenvalue weighted by atomic mass is 9.77. The van der Waals surface area contributed by atoms with Gasteiger partial charge in [-0.25, -0.2) is 0 Å². The van der Waals surface area contributed by atoms with Crippen LogP contribution in [0, 0.1) is 0 Å². The monoisotopic (exact) mass is 272 g/mol. The van der Waals surface area contributed by atoms with Crippen molar-refractivity contribution in [2.75, 3.05) is 7.11 Å². The van der Waals surface area contributed by atoms with Crippen LogP contribution in [0.3, 0.4) is 0 Å². The Labute approximate surface area is 122 Å². The van der Waals surface area contributed by atoms with E-state index >= 15 is 0 Å². The average Bonchev–Trinajstić information content (AvgIpc) is 2.45. The fourth-order valence-electron chi connectivity index (χ4n) is 2.32. The van der Waals surface area contributed by atoms with Gasteiger partial charge in [-0.3, -0.25) is 4.79 Å². The minimum absolute atomic E-state index is 0.255. The maximum Gasteiger partial charge on any atom is 0.145 e. The van der Waals surface area contributed by atoms with Crippen LogP contribution in [0.2, 0.25) is 0 Å². The third kappa shape index (κ3) is 4.09. The SMILES string of the molecule is COc1ccccc1C(C)(/C=C(\C)C=O)CC=C(C)C. The van der Waals surface area contributed by atoms with Crippen molar-refractivity contribution in [3.63, 3.8) is 0 Å². The molecule has 1 atom stereocenters. The summed E-state index contributed by atoms with van der Waals surface area (Å²) in [5, 5.41) is 0. The normalized spacial score (nSPS) is 14.3. The first kappa shape index (κ1) is 16.2. The molecule has 2 nitrogen and oxygen atoms in total. The molecule has 0 fully saturated rings. The number of ether oxygens (including phenoxy) is 1. The lowest BCUT2D eigenvalue weighted by Crippen LogP contribution is -2.20. The van der Waals surface area contributed by atoms with Gasteiger partial charge in [0, 0.05) is 11.0 Å². The predicted molar refractivity (Wildman–Crippen MR) is 84.2 cm³/mol. The third-order valence-electron chi connectivity index (χ3n) is 3.39. The number of methoxy groups -OCH3 is 1. The molecule has 0 spiro atoms. The van der Waals surface area contributed by atoms with E-state index in [4.69, 9.17) is 4.74 Å². The minimum Gasteiger partial charge on any atom is -0.496 e. The van der Waals surface area contributed by atoms with Crippen molar-refractivity contribution in [1.82, 2.24) is 0 Å². The van der Waals surface area contributed by atoms with Gasteiger partial charge in [-0.05, 0) is 38.8 Å². The van der Waals surface area contributed by atoms with Crippen LogP contribution in [-0.4, -0.2) is 13.4 Å². The summed E-state index contributed by atoms with van der Waals surface area (Å²) in [6, 6.07) is 7.98. The predicted octanol–water partition coefficient (Wildman–Crippen LogP) is 4.45. The lowest BCUT2D eigenvalue weighted by molar-refractivity contribution is -0.104. The van der Waals surface area contributed by atoms with E-state index < -0.39 is 0 Å². The maximum absolute atomic E-state index is 11.0. The quantitative estimate of drug-likeness (QED) is 0.434. The number of allylic oxidation sites excluding steroid dienone is 4. The van der Waals surface area contributed by atoms with Crippen molar-refractivity contribution in [1.29, 1.82) is 0 Å². The fraction of sp³-hybridized carbons (Fsp3) is 0.389. The molecular formula is C18H24O2. The molecule has 0 saturated heterocycles. The molecule has 0 heterocycles. The molecule has 0 aliphatic rings. The molecule has 0 bridgehead atoms. The van der Waals surface area contributed by atoms with Gasteiger partial charge in [0.2, 0.25) is 0 Å².